The van der Waals surface area contributed by atoms with Crippen molar-refractivity contribution in [2.45, 2.75) is 6.54 Å². The van der Waals surface area contributed by atoms with E-state index in [4.69, 9.17) is 11.6 Å². The predicted octanol–water partition coefficient (Wildman–Crippen LogP) is 4.90. The minimum atomic E-state index is -0.750. The number of nitrogens with zero attached hydrogens (tertiary/aromatic N) is 1. The van der Waals surface area contributed by atoms with Crippen LogP contribution in [0.1, 0.15) is 5.56 Å². The number of nitrogens with one attached hydrogen (secondary N) is 1. The highest BCUT2D eigenvalue weighted by atomic mass is 79.9. The summed E-state index contributed by atoms with van der Waals surface area (Å²) >= 11 is 8.89. The standard InChI is InChI=1S/C13H8BrClF2N2O2/c14-8-3-11(16)13(12(17)4-8)18-6-7-1-2-9(19(20)21)5-10(7)15/h1-5,18H,6H2. The van der Waals surface area contributed by atoms with Gasteiger partial charge in [0.25, 0.3) is 5.69 Å². The molecule has 2 aromatic rings. The monoisotopic (exact) mass is 376 g/mol. The lowest BCUT2D eigenvalue weighted by Crippen LogP contribution is -2.04. The van der Waals surface area contributed by atoms with Crippen molar-refractivity contribution >= 4 is 38.9 Å². The van der Waals surface area contributed by atoms with Crippen LogP contribution in [-0.2, 0) is 6.54 Å². The number of hydrogen-bond acceptors (Lipinski definition) is 3. The third-order valence-corrected chi connectivity index (χ3v) is 3.52. The third-order valence-electron chi connectivity index (χ3n) is 2.71. The summed E-state index contributed by atoms with van der Waals surface area (Å²) in [4.78, 5) is 10.0. The lowest BCUT2D eigenvalue weighted by atomic mass is 10.2. The topological polar surface area (TPSA) is 55.2 Å². The average molecular weight is 378 g/mol. The zero-order valence-corrected chi connectivity index (χ0v) is 12.7. The Hall–Kier alpha value is -1.73. The van der Waals surface area contributed by atoms with Gasteiger partial charge in [-0.05, 0) is 23.8 Å². The van der Waals surface area contributed by atoms with Crippen LogP contribution in [0.4, 0.5) is 20.2 Å². The minimum Gasteiger partial charge on any atom is -0.376 e. The quantitative estimate of drug-likeness (QED) is 0.609. The van der Waals surface area contributed by atoms with Gasteiger partial charge >= 0.3 is 0 Å². The van der Waals surface area contributed by atoms with Gasteiger partial charge in [0.15, 0.2) is 0 Å². The Bertz CT molecular complexity index is 690. The first-order valence-corrected chi connectivity index (χ1v) is 6.87. The van der Waals surface area contributed by atoms with Crippen molar-refractivity contribution in [3.8, 4) is 0 Å². The zero-order chi connectivity index (χ0) is 15.6. The predicted molar refractivity (Wildman–Crippen MR) is 79.5 cm³/mol. The maximum atomic E-state index is 13.6. The maximum absolute atomic E-state index is 13.6. The van der Waals surface area contributed by atoms with Crippen molar-refractivity contribution in [2.75, 3.05) is 5.32 Å². The smallest absolute Gasteiger partial charge is 0.270 e. The van der Waals surface area contributed by atoms with Crippen LogP contribution in [0, 0.1) is 21.7 Å². The van der Waals surface area contributed by atoms with E-state index in [0.29, 0.717) is 5.56 Å². The molecule has 110 valence electrons. The average Bonchev–Trinajstić information content (AvgIpc) is 2.38. The molecule has 0 aromatic heterocycles. The fourth-order valence-corrected chi connectivity index (χ4v) is 2.33. The molecule has 0 aliphatic rings. The molecular formula is C13H8BrClF2N2O2. The van der Waals surface area contributed by atoms with Crippen molar-refractivity contribution in [3.05, 3.63) is 67.1 Å². The molecule has 0 saturated carbocycles. The molecule has 2 rings (SSSR count). The summed E-state index contributed by atoms with van der Waals surface area (Å²) in [7, 11) is 0. The number of non-ortho nitro benzene ring substituents is 1. The molecule has 1 N–H and O–H groups in total. The van der Waals surface area contributed by atoms with Gasteiger partial charge in [0.2, 0.25) is 0 Å². The van der Waals surface area contributed by atoms with Crippen LogP contribution in [-0.4, -0.2) is 4.92 Å². The van der Waals surface area contributed by atoms with Gasteiger partial charge < -0.3 is 5.32 Å². The Labute approximate surface area is 132 Å². The second-order valence-corrected chi connectivity index (χ2v) is 5.45. The zero-order valence-electron chi connectivity index (χ0n) is 10.4. The molecule has 0 heterocycles. The Balaban J connectivity index is 2.19. The molecule has 0 spiro atoms. The Morgan fingerprint density at radius 2 is 1.86 bits per heavy atom. The number of nitro benzene ring substituents is 1. The molecule has 0 aliphatic heterocycles. The summed E-state index contributed by atoms with van der Waals surface area (Å²) in [6, 6.07) is 6.15. The highest BCUT2D eigenvalue weighted by molar-refractivity contribution is 9.10. The highest BCUT2D eigenvalue weighted by Crippen LogP contribution is 2.26. The molecule has 0 unspecified atom stereocenters. The van der Waals surface area contributed by atoms with E-state index in [1.807, 2.05) is 0 Å². The lowest BCUT2D eigenvalue weighted by molar-refractivity contribution is -0.384. The number of hydrogen-bond donors (Lipinski definition) is 1. The number of anilines is 1. The molecule has 21 heavy (non-hydrogen) atoms. The second-order valence-electron chi connectivity index (χ2n) is 4.13. The van der Waals surface area contributed by atoms with E-state index in [1.54, 1.807) is 0 Å². The first-order valence-electron chi connectivity index (χ1n) is 5.69. The van der Waals surface area contributed by atoms with E-state index in [1.165, 1.54) is 18.2 Å². The van der Waals surface area contributed by atoms with Gasteiger partial charge in [-0.2, -0.15) is 0 Å². The molecule has 0 saturated heterocycles. The molecule has 2 aromatic carbocycles. The summed E-state index contributed by atoms with van der Waals surface area (Å²) in [6.45, 7) is 0.0340. The number of nitro groups is 1. The Morgan fingerprint density at radius 3 is 2.38 bits per heavy atom. The third kappa shape index (κ3) is 3.68. The van der Waals surface area contributed by atoms with E-state index in [2.05, 4.69) is 21.2 Å². The van der Waals surface area contributed by atoms with E-state index < -0.39 is 16.6 Å². The number of benzene rings is 2. The first kappa shape index (κ1) is 15.7. The van der Waals surface area contributed by atoms with Crippen LogP contribution < -0.4 is 5.32 Å². The highest BCUT2D eigenvalue weighted by Gasteiger charge is 2.13. The summed E-state index contributed by atoms with van der Waals surface area (Å²) in [5.41, 5.74) is 0.0568. The molecule has 0 atom stereocenters. The van der Waals surface area contributed by atoms with Crippen molar-refractivity contribution in [1.29, 1.82) is 0 Å². The van der Waals surface area contributed by atoms with E-state index in [9.17, 15) is 18.9 Å². The van der Waals surface area contributed by atoms with E-state index in [-0.39, 0.29) is 27.4 Å². The molecule has 0 bridgehead atoms. The van der Waals surface area contributed by atoms with Gasteiger partial charge in [0, 0.05) is 23.2 Å². The van der Waals surface area contributed by atoms with Crippen LogP contribution in [0.5, 0.6) is 0 Å². The van der Waals surface area contributed by atoms with Crippen LogP contribution >= 0.6 is 27.5 Å². The van der Waals surface area contributed by atoms with Crippen LogP contribution in [0.2, 0.25) is 5.02 Å². The van der Waals surface area contributed by atoms with Crippen LogP contribution in [0.25, 0.3) is 0 Å². The Morgan fingerprint density at radius 1 is 1.24 bits per heavy atom. The second kappa shape index (κ2) is 6.36. The van der Waals surface area contributed by atoms with E-state index in [0.717, 1.165) is 12.1 Å². The molecule has 0 aliphatic carbocycles. The normalized spacial score (nSPS) is 10.5. The van der Waals surface area contributed by atoms with Gasteiger partial charge in [-0.25, -0.2) is 8.78 Å². The SMILES string of the molecule is O=[N+]([O-])c1ccc(CNc2c(F)cc(Br)cc2F)c(Cl)c1. The van der Waals surface area contributed by atoms with Gasteiger partial charge in [0.05, 0.1) is 9.95 Å². The summed E-state index contributed by atoms with van der Waals surface area (Å²) in [5, 5.41) is 13.3. The Kier molecular flexibility index (Phi) is 4.74. The molecule has 0 fully saturated rings. The lowest BCUT2D eigenvalue weighted by Gasteiger charge is -2.10. The molecule has 0 radical (unpaired) electrons. The fraction of sp³-hybridized carbons (Fsp3) is 0.0769. The van der Waals surface area contributed by atoms with Crippen molar-refractivity contribution < 1.29 is 13.7 Å². The number of rotatable bonds is 4. The van der Waals surface area contributed by atoms with Crippen molar-refractivity contribution in [1.82, 2.24) is 0 Å². The molecular weight excluding hydrogens is 370 g/mol. The fourth-order valence-electron chi connectivity index (χ4n) is 1.69. The minimum absolute atomic E-state index is 0.0340. The summed E-state index contributed by atoms with van der Waals surface area (Å²) in [5.74, 6) is -1.50. The van der Waals surface area contributed by atoms with Gasteiger partial charge in [-0.3, -0.25) is 10.1 Å². The van der Waals surface area contributed by atoms with Gasteiger partial charge in [0.1, 0.15) is 17.3 Å². The molecule has 8 heteroatoms. The van der Waals surface area contributed by atoms with Gasteiger partial charge in [-0.1, -0.05) is 27.5 Å². The van der Waals surface area contributed by atoms with Crippen molar-refractivity contribution in [3.63, 3.8) is 0 Å². The van der Waals surface area contributed by atoms with E-state index >= 15 is 0 Å². The summed E-state index contributed by atoms with van der Waals surface area (Å²) < 4.78 is 27.5. The van der Waals surface area contributed by atoms with Crippen molar-refractivity contribution in [2.24, 2.45) is 0 Å². The van der Waals surface area contributed by atoms with Gasteiger partial charge in [-0.15, -0.1) is 0 Å². The van der Waals surface area contributed by atoms with Crippen LogP contribution in [0.15, 0.2) is 34.8 Å². The number of halogens is 4. The first-order chi connectivity index (χ1) is 9.88. The molecule has 0 amide bonds. The largest absolute Gasteiger partial charge is 0.376 e. The summed E-state index contributed by atoms with van der Waals surface area (Å²) in [6.07, 6.45) is 0. The molecule has 4 nitrogen and oxygen atoms in total. The van der Waals surface area contributed by atoms with Crippen LogP contribution in [0.3, 0.4) is 0 Å². The maximum Gasteiger partial charge on any atom is 0.270 e.